The first kappa shape index (κ1) is 11.9. The van der Waals surface area contributed by atoms with Crippen LogP contribution in [0.3, 0.4) is 0 Å². The summed E-state index contributed by atoms with van der Waals surface area (Å²) >= 11 is 0. The maximum absolute atomic E-state index is 11.5. The Morgan fingerprint density at radius 2 is 2.20 bits per heavy atom. The average Bonchev–Trinajstić information content (AvgIpc) is 2.91. The minimum absolute atomic E-state index is 0.244. The Morgan fingerprint density at radius 1 is 1.60 bits per heavy atom. The highest BCUT2D eigenvalue weighted by Crippen LogP contribution is 2.32. The first-order valence-corrected chi connectivity index (χ1v) is 4.81. The van der Waals surface area contributed by atoms with Crippen LogP contribution in [0.5, 0.6) is 0 Å². The van der Waals surface area contributed by atoms with Gasteiger partial charge in [0.05, 0.1) is 5.54 Å². The number of aliphatic carboxylic acids is 1. The van der Waals surface area contributed by atoms with Crippen LogP contribution in [0.25, 0.3) is 0 Å². The van der Waals surface area contributed by atoms with E-state index in [0.29, 0.717) is 12.8 Å². The van der Waals surface area contributed by atoms with E-state index < -0.39 is 17.6 Å². The van der Waals surface area contributed by atoms with E-state index in [4.69, 9.17) is 15.6 Å². The van der Waals surface area contributed by atoms with Crippen molar-refractivity contribution >= 4 is 11.9 Å². The Morgan fingerprint density at radius 3 is 2.60 bits per heavy atom. The largest absolute Gasteiger partial charge is 0.480 e. The Kier molecular flexibility index (Phi) is 3.65. The van der Waals surface area contributed by atoms with Crippen molar-refractivity contribution in [3.05, 3.63) is 0 Å². The van der Waals surface area contributed by atoms with Gasteiger partial charge in [-0.15, -0.1) is 0 Å². The molecule has 1 atom stereocenters. The summed E-state index contributed by atoms with van der Waals surface area (Å²) in [7, 11) is 1.48. The standard InChI is InChI=1S/C9H16N2O4/c1-15-5-2-6(7(12)13)11-8(14)9(10)3-4-9/h6H,2-5,10H2,1H3,(H,11,14)(H,12,13). The van der Waals surface area contributed by atoms with Gasteiger partial charge in [0.15, 0.2) is 0 Å². The highest BCUT2D eigenvalue weighted by atomic mass is 16.5. The van der Waals surface area contributed by atoms with E-state index in [0.717, 1.165) is 0 Å². The molecule has 1 aliphatic carbocycles. The summed E-state index contributed by atoms with van der Waals surface area (Å²) in [6, 6.07) is -0.918. The number of carbonyl (C=O) groups excluding carboxylic acids is 1. The predicted octanol–water partition coefficient (Wildman–Crippen LogP) is -0.916. The van der Waals surface area contributed by atoms with Crippen LogP contribution >= 0.6 is 0 Å². The van der Waals surface area contributed by atoms with Gasteiger partial charge < -0.3 is 20.9 Å². The number of nitrogens with one attached hydrogen (secondary N) is 1. The van der Waals surface area contributed by atoms with Gasteiger partial charge in [0.25, 0.3) is 0 Å². The molecule has 0 aromatic heterocycles. The molecule has 1 fully saturated rings. The van der Waals surface area contributed by atoms with E-state index >= 15 is 0 Å². The number of ether oxygens (including phenoxy) is 1. The summed E-state index contributed by atoms with van der Waals surface area (Å²) in [6.07, 6.45) is 1.48. The summed E-state index contributed by atoms with van der Waals surface area (Å²) in [6.45, 7) is 0.287. The first-order chi connectivity index (χ1) is 6.99. The lowest BCUT2D eigenvalue weighted by atomic mass is 10.2. The van der Waals surface area contributed by atoms with Crippen LogP contribution in [-0.4, -0.2) is 42.3 Å². The lowest BCUT2D eigenvalue weighted by Gasteiger charge is -2.16. The molecule has 15 heavy (non-hydrogen) atoms. The molecule has 1 rings (SSSR count). The smallest absolute Gasteiger partial charge is 0.326 e. The number of nitrogens with two attached hydrogens (primary N) is 1. The molecule has 0 aliphatic heterocycles. The molecule has 1 unspecified atom stereocenters. The van der Waals surface area contributed by atoms with Crippen molar-refractivity contribution in [2.24, 2.45) is 5.73 Å². The van der Waals surface area contributed by atoms with Crippen LogP contribution in [0.4, 0.5) is 0 Å². The van der Waals surface area contributed by atoms with Gasteiger partial charge in [-0.05, 0) is 12.8 Å². The maximum Gasteiger partial charge on any atom is 0.326 e. The van der Waals surface area contributed by atoms with Crippen molar-refractivity contribution in [2.45, 2.75) is 30.8 Å². The lowest BCUT2D eigenvalue weighted by Crippen LogP contribution is -2.50. The number of hydrogen-bond donors (Lipinski definition) is 3. The van der Waals surface area contributed by atoms with Crippen LogP contribution in [-0.2, 0) is 14.3 Å². The summed E-state index contributed by atoms with van der Waals surface area (Å²) in [5.41, 5.74) is 4.80. The van der Waals surface area contributed by atoms with Crippen LogP contribution in [0.2, 0.25) is 0 Å². The second-order valence-corrected chi connectivity index (χ2v) is 3.80. The minimum atomic E-state index is -1.07. The zero-order chi connectivity index (χ0) is 11.5. The Hall–Kier alpha value is -1.14. The SMILES string of the molecule is COCCC(NC(=O)C1(N)CC1)C(=O)O. The van der Waals surface area contributed by atoms with Crippen molar-refractivity contribution in [2.75, 3.05) is 13.7 Å². The molecule has 1 amide bonds. The Balaban J connectivity index is 2.43. The normalized spacial score (nSPS) is 19.3. The highest BCUT2D eigenvalue weighted by molar-refractivity contribution is 5.92. The minimum Gasteiger partial charge on any atom is -0.480 e. The summed E-state index contributed by atoms with van der Waals surface area (Å²) in [4.78, 5) is 22.2. The lowest BCUT2D eigenvalue weighted by molar-refractivity contribution is -0.142. The molecule has 1 saturated carbocycles. The van der Waals surface area contributed by atoms with Crippen LogP contribution < -0.4 is 11.1 Å². The average molecular weight is 216 g/mol. The molecule has 0 heterocycles. The van der Waals surface area contributed by atoms with Gasteiger partial charge in [-0.3, -0.25) is 4.79 Å². The summed E-state index contributed by atoms with van der Waals surface area (Å²) in [5, 5.41) is 11.2. The third kappa shape index (κ3) is 3.17. The van der Waals surface area contributed by atoms with Crippen molar-refractivity contribution in [1.29, 1.82) is 0 Å². The molecule has 4 N–H and O–H groups in total. The number of hydrogen-bond acceptors (Lipinski definition) is 4. The number of rotatable bonds is 6. The zero-order valence-electron chi connectivity index (χ0n) is 8.66. The van der Waals surface area contributed by atoms with Gasteiger partial charge in [-0.1, -0.05) is 0 Å². The number of amides is 1. The monoisotopic (exact) mass is 216 g/mol. The van der Waals surface area contributed by atoms with Gasteiger partial charge in [0, 0.05) is 20.1 Å². The third-order valence-corrected chi connectivity index (χ3v) is 2.45. The fourth-order valence-electron chi connectivity index (χ4n) is 1.16. The number of carboxylic acid groups (broad SMARTS) is 1. The van der Waals surface area contributed by atoms with Crippen molar-refractivity contribution in [3.63, 3.8) is 0 Å². The molecule has 0 aromatic rings. The van der Waals surface area contributed by atoms with Crippen molar-refractivity contribution in [3.8, 4) is 0 Å². The first-order valence-electron chi connectivity index (χ1n) is 4.81. The van der Waals surface area contributed by atoms with E-state index in [1.54, 1.807) is 0 Å². The molecule has 0 saturated heterocycles. The number of carboxylic acids is 1. The Bertz CT molecular complexity index is 263. The predicted molar refractivity (Wildman–Crippen MR) is 52.2 cm³/mol. The highest BCUT2D eigenvalue weighted by Gasteiger charge is 2.46. The Labute approximate surface area is 87.8 Å². The van der Waals surface area contributed by atoms with Crippen molar-refractivity contribution < 1.29 is 19.4 Å². The fourth-order valence-corrected chi connectivity index (χ4v) is 1.16. The molecule has 0 spiro atoms. The van der Waals surface area contributed by atoms with Crippen LogP contribution in [0, 0.1) is 0 Å². The molecule has 6 heteroatoms. The molecule has 0 radical (unpaired) electrons. The van der Waals surface area contributed by atoms with E-state index in [9.17, 15) is 9.59 Å². The third-order valence-electron chi connectivity index (χ3n) is 2.45. The molecule has 0 aromatic carbocycles. The molecule has 1 aliphatic rings. The van der Waals surface area contributed by atoms with Gasteiger partial charge in [-0.2, -0.15) is 0 Å². The van der Waals surface area contributed by atoms with E-state index in [2.05, 4.69) is 5.32 Å². The van der Waals surface area contributed by atoms with Gasteiger partial charge in [0.1, 0.15) is 6.04 Å². The molecule has 6 nitrogen and oxygen atoms in total. The van der Waals surface area contributed by atoms with Crippen molar-refractivity contribution in [1.82, 2.24) is 5.32 Å². The fraction of sp³-hybridized carbons (Fsp3) is 0.778. The second kappa shape index (κ2) is 4.59. The molecule has 0 bridgehead atoms. The van der Waals surface area contributed by atoms with E-state index in [-0.39, 0.29) is 18.9 Å². The number of methoxy groups -OCH3 is 1. The van der Waals surface area contributed by atoms with Crippen LogP contribution in [0.15, 0.2) is 0 Å². The quantitative estimate of drug-likeness (QED) is 0.533. The molecular weight excluding hydrogens is 200 g/mol. The summed E-state index contributed by atoms with van der Waals surface area (Å²) in [5.74, 6) is -1.45. The second-order valence-electron chi connectivity index (χ2n) is 3.80. The van der Waals surface area contributed by atoms with E-state index in [1.807, 2.05) is 0 Å². The maximum atomic E-state index is 11.5. The summed E-state index contributed by atoms with van der Waals surface area (Å²) < 4.78 is 4.76. The van der Waals surface area contributed by atoms with Gasteiger partial charge in [-0.25, -0.2) is 4.79 Å². The zero-order valence-corrected chi connectivity index (χ0v) is 8.66. The van der Waals surface area contributed by atoms with Gasteiger partial charge >= 0.3 is 5.97 Å². The van der Waals surface area contributed by atoms with E-state index in [1.165, 1.54) is 7.11 Å². The topological polar surface area (TPSA) is 102 Å². The number of carbonyl (C=O) groups is 2. The van der Waals surface area contributed by atoms with Crippen LogP contribution in [0.1, 0.15) is 19.3 Å². The molecular formula is C9H16N2O4. The molecule has 86 valence electrons. The van der Waals surface area contributed by atoms with Gasteiger partial charge in [0.2, 0.25) is 5.91 Å².